The summed E-state index contributed by atoms with van der Waals surface area (Å²) in [5.74, 6) is 0.339. The average Bonchev–Trinajstić information content (AvgIpc) is 3.65. The first kappa shape index (κ1) is 28.5. The van der Waals surface area contributed by atoms with Crippen LogP contribution < -0.4 is 10.1 Å². The minimum absolute atomic E-state index is 0.0721. The fraction of sp³-hybridized carbons (Fsp3) is 0.290. The van der Waals surface area contributed by atoms with Crippen LogP contribution in [-0.2, 0) is 19.6 Å². The Morgan fingerprint density at radius 3 is 2.49 bits per heavy atom. The van der Waals surface area contributed by atoms with E-state index in [9.17, 15) is 13.2 Å². The van der Waals surface area contributed by atoms with Gasteiger partial charge in [-0.1, -0.05) is 36.4 Å². The highest BCUT2D eigenvalue weighted by atomic mass is 32.2. The van der Waals surface area contributed by atoms with Crippen LogP contribution in [0.4, 0.5) is 5.95 Å². The molecule has 3 aromatic carbocycles. The first-order chi connectivity index (χ1) is 19.7. The van der Waals surface area contributed by atoms with E-state index in [0.717, 1.165) is 35.2 Å². The molecule has 2 heterocycles. The summed E-state index contributed by atoms with van der Waals surface area (Å²) in [6, 6.07) is 21.8. The minimum atomic E-state index is -4.00. The topological polar surface area (TPSA) is 103 Å². The van der Waals surface area contributed by atoms with E-state index in [1.54, 1.807) is 12.1 Å². The lowest BCUT2D eigenvalue weighted by Gasteiger charge is -2.24. The molecule has 214 valence electrons. The molecule has 1 unspecified atom stereocenters. The van der Waals surface area contributed by atoms with Crippen molar-refractivity contribution >= 4 is 21.9 Å². The van der Waals surface area contributed by atoms with E-state index in [1.165, 1.54) is 23.5 Å². The quantitative estimate of drug-likeness (QED) is 0.287. The second kappa shape index (κ2) is 12.3. The van der Waals surface area contributed by atoms with Crippen LogP contribution in [0.5, 0.6) is 5.75 Å². The number of sulfonamides is 1. The number of benzene rings is 3. The van der Waals surface area contributed by atoms with Gasteiger partial charge in [-0.25, -0.2) is 13.4 Å². The molecule has 9 nitrogen and oxygen atoms in total. The maximum Gasteiger partial charge on any atom is 0.243 e. The van der Waals surface area contributed by atoms with Crippen molar-refractivity contribution in [2.24, 2.45) is 0 Å². The van der Waals surface area contributed by atoms with Gasteiger partial charge < -0.3 is 9.47 Å². The highest BCUT2D eigenvalue weighted by molar-refractivity contribution is 7.89. The first-order valence-electron chi connectivity index (χ1n) is 13.5. The number of aromatic nitrogens is 2. The molecular formula is C31H34N4O5S. The summed E-state index contributed by atoms with van der Waals surface area (Å²) in [6.07, 6.45) is 3.17. The van der Waals surface area contributed by atoms with Crippen LogP contribution in [-0.4, -0.2) is 61.1 Å². The number of imidazole rings is 1. The molecule has 1 atom stereocenters. The number of hydrogen-bond acceptors (Lipinski definition) is 6. The molecule has 1 fully saturated rings. The normalized spacial score (nSPS) is 15.3. The number of amides is 1. The molecule has 1 amide bonds. The summed E-state index contributed by atoms with van der Waals surface area (Å²) >= 11 is 0. The Bertz CT molecular complexity index is 1610. The predicted molar refractivity (Wildman–Crippen MR) is 158 cm³/mol. The Balaban J connectivity index is 1.45. The van der Waals surface area contributed by atoms with E-state index in [-0.39, 0.29) is 17.5 Å². The summed E-state index contributed by atoms with van der Waals surface area (Å²) in [4.78, 5) is 18.3. The lowest BCUT2D eigenvalue weighted by Crippen LogP contribution is -2.42. The predicted octanol–water partition coefficient (Wildman–Crippen LogP) is 4.97. The van der Waals surface area contributed by atoms with Crippen molar-refractivity contribution in [2.75, 3.05) is 32.1 Å². The molecule has 4 aromatic rings. The van der Waals surface area contributed by atoms with Gasteiger partial charge in [0.2, 0.25) is 21.9 Å². The summed E-state index contributed by atoms with van der Waals surface area (Å²) in [6.45, 7) is 4.32. The smallest absolute Gasteiger partial charge is 0.243 e. The Hall–Kier alpha value is -3.99. The van der Waals surface area contributed by atoms with Gasteiger partial charge in [0.15, 0.2) is 0 Å². The first-order valence-corrected chi connectivity index (χ1v) is 15.0. The lowest BCUT2D eigenvalue weighted by molar-refractivity contribution is -0.116. The third kappa shape index (κ3) is 6.51. The Labute approximate surface area is 240 Å². The third-order valence-corrected chi connectivity index (χ3v) is 9.07. The Kier molecular flexibility index (Phi) is 8.53. The van der Waals surface area contributed by atoms with Crippen LogP contribution in [0.1, 0.15) is 24.0 Å². The molecule has 0 spiro atoms. The van der Waals surface area contributed by atoms with Crippen molar-refractivity contribution in [1.29, 1.82) is 0 Å². The zero-order valence-electron chi connectivity index (χ0n) is 23.4. The molecule has 1 aromatic heterocycles. The maximum absolute atomic E-state index is 13.7. The summed E-state index contributed by atoms with van der Waals surface area (Å²) in [7, 11) is -2.49. The van der Waals surface area contributed by atoms with Gasteiger partial charge in [-0.2, -0.15) is 4.31 Å². The average molecular weight is 575 g/mol. The van der Waals surface area contributed by atoms with Gasteiger partial charge in [0.1, 0.15) is 5.75 Å². The van der Waals surface area contributed by atoms with Crippen molar-refractivity contribution < 1.29 is 22.7 Å². The molecule has 1 aliphatic rings. The summed E-state index contributed by atoms with van der Waals surface area (Å²) < 4.78 is 41.3. The van der Waals surface area contributed by atoms with Crippen LogP contribution in [0.2, 0.25) is 0 Å². The van der Waals surface area contributed by atoms with E-state index >= 15 is 0 Å². The molecular weight excluding hydrogens is 540 g/mol. The second-order valence-corrected chi connectivity index (χ2v) is 12.0. The number of carbonyl (C=O) groups is 1. The number of nitrogens with one attached hydrogen (secondary N) is 1. The van der Waals surface area contributed by atoms with E-state index in [2.05, 4.69) is 5.32 Å². The monoisotopic (exact) mass is 574 g/mol. The minimum Gasteiger partial charge on any atom is -0.497 e. The number of ether oxygens (including phenoxy) is 2. The Morgan fingerprint density at radius 1 is 1.07 bits per heavy atom. The zero-order valence-corrected chi connectivity index (χ0v) is 24.2. The highest BCUT2D eigenvalue weighted by Gasteiger charge is 2.31. The molecule has 1 N–H and O–H groups in total. The molecule has 0 radical (unpaired) electrons. The summed E-state index contributed by atoms with van der Waals surface area (Å²) in [5, 5.41) is 2.88. The van der Waals surface area contributed by atoms with Gasteiger partial charge in [0.25, 0.3) is 0 Å². The number of carbonyl (C=O) groups excluding carboxylic acids is 1. The van der Waals surface area contributed by atoms with Gasteiger partial charge in [-0.15, -0.1) is 0 Å². The summed E-state index contributed by atoms with van der Waals surface area (Å²) in [5.41, 5.74) is 4.66. The SMILES string of the molecule is COc1ccc(S(=O)(=O)N(CC(=O)Nc2nc(-c3ccccc3)cn2-c2ccc(C)c(C)c2)CC2CCCO2)cc1. The molecule has 0 aliphatic carbocycles. The van der Waals surface area contributed by atoms with Gasteiger partial charge in [0, 0.05) is 30.6 Å². The zero-order chi connectivity index (χ0) is 29.0. The van der Waals surface area contributed by atoms with Crippen molar-refractivity contribution in [3.8, 4) is 22.7 Å². The molecule has 0 saturated carbocycles. The molecule has 1 aliphatic heterocycles. The van der Waals surface area contributed by atoms with Crippen molar-refractivity contribution in [3.05, 3.63) is 90.1 Å². The fourth-order valence-corrected chi connectivity index (χ4v) is 6.20. The molecule has 5 rings (SSSR count). The van der Waals surface area contributed by atoms with Crippen molar-refractivity contribution in [3.63, 3.8) is 0 Å². The molecule has 10 heteroatoms. The number of hydrogen-bond donors (Lipinski definition) is 1. The van der Waals surface area contributed by atoms with E-state index in [4.69, 9.17) is 14.5 Å². The van der Waals surface area contributed by atoms with E-state index < -0.39 is 22.5 Å². The van der Waals surface area contributed by atoms with Gasteiger partial charge in [-0.05, 0) is 74.2 Å². The highest BCUT2D eigenvalue weighted by Crippen LogP contribution is 2.26. The molecule has 0 bridgehead atoms. The number of methoxy groups -OCH3 is 1. The van der Waals surface area contributed by atoms with Crippen molar-refractivity contribution in [2.45, 2.75) is 37.7 Å². The lowest BCUT2D eigenvalue weighted by atomic mass is 10.1. The Morgan fingerprint density at radius 2 is 1.83 bits per heavy atom. The van der Waals surface area contributed by atoms with Crippen molar-refractivity contribution in [1.82, 2.24) is 13.9 Å². The number of rotatable bonds is 10. The van der Waals surface area contributed by atoms with E-state index in [0.29, 0.717) is 24.0 Å². The van der Waals surface area contributed by atoms with Gasteiger partial charge in [0.05, 0.1) is 30.3 Å². The standard InChI is InChI=1S/C31H34N4O5S/c1-22-11-12-25(18-23(22)2)35-20-29(24-8-5-4-6-9-24)32-31(35)33-30(36)21-34(19-27-10-7-17-40-27)41(37,38)28-15-13-26(39-3)14-16-28/h4-6,8-9,11-16,18,20,27H,7,10,17,19,21H2,1-3H3,(H,32,33,36). The number of nitrogens with zero attached hydrogens (tertiary/aromatic N) is 3. The van der Waals surface area contributed by atoms with Crippen LogP contribution in [0.3, 0.4) is 0 Å². The molecule has 41 heavy (non-hydrogen) atoms. The maximum atomic E-state index is 13.7. The fourth-order valence-electron chi connectivity index (χ4n) is 4.77. The largest absolute Gasteiger partial charge is 0.497 e. The van der Waals surface area contributed by atoms with E-state index in [1.807, 2.05) is 73.1 Å². The van der Waals surface area contributed by atoms with Gasteiger partial charge >= 0.3 is 0 Å². The van der Waals surface area contributed by atoms with Crippen LogP contribution in [0.15, 0.2) is 83.9 Å². The van der Waals surface area contributed by atoms with Crippen LogP contribution >= 0.6 is 0 Å². The molecule has 1 saturated heterocycles. The third-order valence-electron chi connectivity index (χ3n) is 7.24. The number of anilines is 1. The van der Waals surface area contributed by atoms with Crippen LogP contribution in [0, 0.1) is 13.8 Å². The second-order valence-electron chi connectivity index (χ2n) is 10.1. The van der Waals surface area contributed by atoms with Crippen LogP contribution in [0.25, 0.3) is 16.9 Å². The van der Waals surface area contributed by atoms with Gasteiger partial charge in [-0.3, -0.25) is 14.7 Å². The number of aryl methyl sites for hydroxylation is 2.